The summed E-state index contributed by atoms with van der Waals surface area (Å²) < 4.78 is 26.9. The van der Waals surface area contributed by atoms with Gasteiger partial charge in [-0.1, -0.05) is 48.0 Å². The second-order valence-electron chi connectivity index (χ2n) is 6.24. The highest BCUT2D eigenvalue weighted by molar-refractivity contribution is 7.89. The number of nitrogens with one attached hydrogen (secondary N) is 1. The van der Waals surface area contributed by atoms with Crippen LogP contribution in [0.4, 0.5) is 0 Å². The lowest BCUT2D eigenvalue weighted by Crippen LogP contribution is -3.15. The van der Waals surface area contributed by atoms with Crippen molar-refractivity contribution >= 4 is 21.6 Å². The van der Waals surface area contributed by atoms with Gasteiger partial charge in [-0.2, -0.15) is 4.31 Å². The number of benzene rings is 2. The van der Waals surface area contributed by atoms with Crippen molar-refractivity contribution in [1.82, 2.24) is 4.31 Å². The van der Waals surface area contributed by atoms with Crippen LogP contribution < -0.4 is 4.90 Å². The second-order valence-corrected chi connectivity index (χ2v) is 8.62. The molecule has 0 saturated carbocycles. The van der Waals surface area contributed by atoms with Gasteiger partial charge in [0.05, 0.1) is 31.1 Å². The summed E-state index contributed by atoms with van der Waals surface area (Å²) in [7, 11) is -3.52. The van der Waals surface area contributed by atoms with E-state index in [0.29, 0.717) is 37.7 Å². The van der Waals surface area contributed by atoms with Crippen LogP contribution in [0.3, 0.4) is 0 Å². The number of rotatable bonds is 5. The van der Waals surface area contributed by atoms with E-state index in [-0.39, 0.29) is 4.90 Å². The molecule has 0 unspecified atom stereocenters. The fraction of sp³-hybridized carbons (Fsp3) is 0.333. The molecule has 0 spiro atoms. The first-order valence-corrected chi connectivity index (χ1v) is 10.1. The molecule has 1 aliphatic rings. The third-order valence-corrected chi connectivity index (χ3v) is 6.66. The fourth-order valence-corrected chi connectivity index (χ4v) is 4.83. The zero-order valence-corrected chi connectivity index (χ0v) is 15.4. The van der Waals surface area contributed by atoms with E-state index in [9.17, 15) is 13.5 Å². The van der Waals surface area contributed by atoms with E-state index in [1.54, 1.807) is 18.2 Å². The van der Waals surface area contributed by atoms with Gasteiger partial charge < -0.3 is 10.0 Å². The summed E-state index contributed by atoms with van der Waals surface area (Å²) in [5, 5.41) is 10.8. The van der Waals surface area contributed by atoms with Crippen molar-refractivity contribution in [2.24, 2.45) is 0 Å². The predicted molar refractivity (Wildman–Crippen MR) is 97.2 cm³/mol. The lowest BCUT2D eigenvalue weighted by molar-refractivity contribution is -0.907. The molecule has 1 atom stereocenters. The number of hydrogen-bond donors (Lipinski definition) is 2. The monoisotopic (exact) mass is 381 g/mol. The molecular weight excluding hydrogens is 360 g/mol. The van der Waals surface area contributed by atoms with E-state index >= 15 is 0 Å². The third-order valence-electron chi connectivity index (χ3n) is 4.53. The van der Waals surface area contributed by atoms with Gasteiger partial charge in [-0.05, 0) is 23.8 Å². The van der Waals surface area contributed by atoms with Crippen LogP contribution in [0, 0.1) is 0 Å². The quantitative estimate of drug-likeness (QED) is 0.811. The van der Waals surface area contributed by atoms with E-state index in [4.69, 9.17) is 11.6 Å². The van der Waals surface area contributed by atoms with Gasteiger partial charge in [-0.25, -0.2) is 8.42 Å². The molecule has 134 valence electrons. The van der Waals surface area contributed by atoms with Crippen LogP contribution in [0.15, 0.2) is 59.5 Å². The topological polar surface area (TPSA) is 62.0 Å². The van der Waals surface area contributed by atoms with Crippen molar-refractivity contribution in [3.05, 3.63) is 65.2 Å². The normalized spacial score (nSPS) is 18.2. The van der Waals surface area contributed by atoms with Crippen molar-refractivity contribution in [2.75, 3.05) is 32.7 Å². The number of aliphatic hydroxyl groups is 1. The van der Waals surface area contributed by atoms with Crippen molar-refractivity contribution < 1.29 is 18.4 Å². The SMILES string of the molecule is O=S(=O)(c1cccc(Cl)c1)N1CC[NH+](C[C@H](O)c2ccccc2)CC1. The van der Waals surface area contributed by atoms with Crippen molar-refractivity contribution in [3.63, 3.8) is 0 Å². The number of aliphatic hydroxyl groups excluding tert-OH is 1. The Morgan fingerprint density at radius 2 is 1.76 bits per heavy atom. The van der Waals surface area contributed by atoms with Crippen LogP contribution in [0.2, 0.25) is 5.02 Å². The smallest absolute Gasteiger partial charge is 0.243 e. The minimum atomic E-state index is -3.52. The zero-order valence-electron chi connectivity index (χ0n) is 13.8. The number of nitrogens with zero attached hydrogens (tertiary/aromatic N) is 1. The number of piperazine rings is 1. The molecule has 0 aromatic heterocycles. The Morgan fingerprint density at radius 1 is 1.08 bits per heavy atom. The number of halogens is 1. The Bertz CT molecular complexity index is 806. The Balaban J connectivity index is 1.60. The molecule has 2 N–H and O–H groups in total. The number of quaternary nitrogens is 1. The predicted octanol–water partition coefficient (Wildman–Crippen LogP) is 0.963. The second kappa shape index (κ2) is 7.85. The van der Waals surface area contributed by atoms with Crippen LogP contribution in [0.1, 0.15) is 11.7 Å². The molecule has 5 nitrogen and oxygen atoms in total. The highest BCUT2D eigenvalue weighted by Gasteiger charge is 2.31. The van der Waals surface area contributed by atoms with Crippen LogP contribution >= 0.6 is 11.6 Å². The van der Waals surface area contributed by atoms with Gasteiger partial charge in [-0.15, -0.1) is 0 Å². The Morgan fingerprint density at radius 3 is 2.40 bits per heavy atom. The van der Waals surface area contributed by atoms with Gasteiger partial charge in [0, 0.05) is 5.02 Å². The lowest BCUT2D eigenvalue weighted by atomic mass is 10.1. The van der Waals surface area contributed by atoms with Crippen LogP contribution in [-0.2, 0) is 10.0 Å². The van der Waals surface area contributed by atoms with Gasteiger partial charge in [0.1, 0.15) is 12.6 Å². The molecule has 1 aliphatic heterocycles. The minimum absolute atomic E-state index is 0.229. The molecule has 0 aliphatic carbocycles. The van der Waals surface area contributed by atoms with Gasteiger partial charge in [0.25, 0.3) is 0 Å². The number of hydrogen-bond acceptors (Lipinski definition) is 3. The zero-order chi connectivity index (χ0) is 17.9. The summed E-state index contributed by atoms with van der Waals surface area (Å²) in [5.74, 6) is 0. The first-order chi connectivity index (χ1) is 12.0. The van der Waals surface area contributed by atoms with Gasteiger partial charge in [0.15, 0.2) is 0 Å². The summed E-state index contributed by atoms with van der Waals surface area (Å²) in [5.41, 5.74) is 0.893. The van der Waals surface area contributed by atoms with Gasteiger partial charge in [-0.3, -0.25) is 0 Å². The summed E-state index contributed by atoms with van der Waals surface area (Å²) in [6.45, 7) is 2.79. The van der Waals surface area contributed by atoms with Gasteiger partial charge >= 0.3 is 0 Å². The fourth-order valence-electron chi connectivity index (χ4n) is 3.09. The first kappa shape index (κ1) is 18.4. The lowest BCUT2D eigenvalue weighted by Gasteiger charge is -2.32. The average Bonchev–Trinajstić information content (AvgIpc) is 2.63. The van der Waals surface area contributed by atoms with E-state index < -0.39 is 16.1 Å². The molecule has 1 fully saturated rings. The van der Waals surface area contributed by atoms with Crippen LogP contribution in [-0.4, -0.2) is 50.6 Å². The summed E-state index contributed by atoms with van der Waals surface area (Å²) >= 11 is 5.91. The molecule has 2 aromatic rings. The van der Waals surface area contributed by atoms with Crippen LogP contribution in [0.25, 0.3) is 0 Å². The van der Waals surface area contributed by atoms with E-state index in [0.717, 1.165) is 5.56 Å². The minimum Gasteiger partial charge on any atom is -0.382 e. The van der Waals surface area contributed by atoms with Crippen molar-refractivity contribution in [1.29, 1.82) is 0 Å². The molecule has 0 radical (unpaired) electrons. The maximum Gasteiger partial charge on any atom is 0.243 e. The standard InChI is InChI=1S/C18H21ClN2O3S/c19-16-7-4-8-17(13-16)25(23,24)21-11-9-20(10-12-21)14-18(22)15-5-2-1-3-6-15/h1-8,13,18,22H,9-12,14H2/p+1/t18-/m0/s1. The molecule has 1 heterocycles. The van der Waals surface area contributed by atoms with Crippen LogP contribution in [0.5, 0.6) is 0 Å². The maximum absolute atomic E-state index is 12.7. The number of sulfonamides is 1. The molecule has 25 heavy (non-hydrogen) atoms. The Hall–Kier alpha value is -1.44. The van der Waals surface area contributed by atoms with Gasteiger partial charge in [0.2, 0.25) is 10.0 Å². The summed E-state index contributed by atoms with van der Waals surface area (Å²) in [6, 6.07) is 15.9. The Labute approximate surface area is 153 Å². The third kappa shape index (κ3) is 4.40. The molecule has 0 bridgehead atoms. The molecule has 1 saturated heterocycles. The highest BCUT2D eigenvalue weighted by atomic mass is 35.5. The molecule has 2 aromatic carbocycles. The first-order valence-electron chi connectivity index (χ1n) is 8.29. The summed E-state index contributed by atoms with van der Waals surface area (Å²) in [6.07, 6.45) is -0.535. The molecular formula is C18H22ClN2O3S+. The van der Waals surface area contributed by atoms with E-state index in [1.807, 2.05) is 30.3 Å². The van der Waals surface area contributed by atoms with Crippen molar-refractivity contribution in [2.45, 2.75) is 11.0 Å². The summed E-state index contributed by atoms with van der Waals surface area (Å²) in [4.78, 5) is 1.43. The van der Waals surface area contributed by atoms with Crippen molar-refractivity contribution in [3.8, 4) is 0 Å². The highest BCUT2D eigenvalue weighted by Crippen LogP contribution is 2.19. The van der Waals surface area contributed by atoms with E-state index in [2.05, 4.69) is 0 Å². The molecule has 3 rings (SSSR count). The largest absolute Gasteiger partial charge is 0.382 e. The Kier molecular flexibility index (Phi) is 5.76. The maximum atomic E-state index is 12.7. The molecule has 0 amide bonds. The molecule has 7 heteroatoms. The van der Waals surface area contributed by atoms with E-state index in [1.165, 1.54) is 15.3 Å². The average molecular weight is 382 g/mol.